The summed E-state index contributed by atoms with van der Waals surface area (Å²) in [7, 11) is 3.48. The van der Waals surface area contributed by atoms with Crippen LogP contribution in [0.3, 0.4) is 0 Å². The first kappa shape index (κ1) is 23.6. The SMILES string of the molecule is CN(C)C(=O)CCc1cccc(NCC(=O)Nc2cccc(C(=O)NCc3ccco3)c2)c1. The maximum absolute atomic E-state index is 12.4. The molecule has 0 unspecified atom stereocenters. The molecular formula is C25H28N4O4. The van der Waals surface area contributed by atoms with E-state index < -0.39 is 0 Å². The van der Waals surface area contributed by atoms with Crippen LogP contribution in [0.2, 0.25) is 0 Å². The van der Waals surface area contributed by atoms with E-state index in [1.807, 2.05) is 24.3 Å². The molecule has 0 saturated carbocycles. The quantitative estimate of drug-likeness (QED) is 0.442. The number of rotatable bonds is 10. The number of hydrogen-bond acceptors (Lipinski definition) is 5. The molecule has 0 aliphatic carbocycles. The standard InChI is InChI=1S/C25H28N4O4/c1-29(2)24(31)12-11-18-6-3-8-20(14-18)26-17-23(30)28-21-9-4-7-19(15-21)25(32)27-16-22-10-5-13-33-22/h3-10,13-15,26H,11-12,16-17H2,1-2H3,(H,27,32)(H,28,30). The van der Waals surface area contributed by atoms with Crippen LogP contribution >= 0.6 is 0 Å². The second-order valence-corrected chi connectivity index (χ2v) is 7.73. The number of carbonyl (C=O) groups is 3. The molecule has 0 spiro atoms. The van der Waals surface area contributed by atoms with Crippen molar-refractivity contribution in [3.63, 3.8) is 0 Å². The van der Waals surface area contributed by atoms with Gasteiger partial charge >= 0.3 is 0 Å². The van der Waals surface area contributed by atoms with Crippen LogP contribution in [0.4, 0.5) is 11.4 Å². The van der Waals surface area contributed by atoms with Crippen molar-refractivity contribution in [3.05, 3.63) is 83.8 Å². The summed E-state index contributed by atoms with van der Waals surface area (Å²) < 4.78 is 5.20. The lowest BCUT2D eigenvalue weighted by Gasteiger charge is -2.11. The van der Waals surface area contributed by atoms with Crippen LogP contribution in [0.25, 0.3) is 0 Å². The van der Waals surface area contributed by atoms with E-state index in [-0.39, 0.29) is 30.8 Å². The Bertz CT molecular complexity index is 1090. The fourth-order valence-electron chi connectivity index (χ4n) is 3.12. The van der Waals surface area contributed by atoms with E-state index in [0.717, 1.165) is 11.3 Å². The van der Waals surface area contributed by atoms with Gasteiger partial charge in [-0.1, -0.05) is 18.2 Å². The van der Waals surface area contributed by atoms with Gasteiger partial charge < -0.3 is 25.3 Å². The number of nitrogens with one attached hydrogen (secondary N) is 3. The summed E-state index contributed by atoms with van der Waals surface area (Å²) in [6.45, 7) is 0.351. The Morgan fingerprint density at radius 3 is 2.48 bits per heavy atom. The molecule has 0 bridgehead atoms. The van der Waals surface area contributed by atoms with Gasteiger partial charge in [0.05, 0.1) is 19.4 Å². The lowest BCUT2D eigenvalue weighted by molar-refractivity contribution is -0.128. The minimum Gasteiger partial charge on any atom is -0.467 e. The Morgan fingerprint density at radius 1 is 0.939 bits per heavy atom. The van der Waals surface area contributed by atoms with Crippen LogP contribution in [0, 0.1) is 0 Å². The molecule has 0 atom stereocenters. The number of aryl methyl sites for hydroxylation is 1. The van der Waals surface area contributed by atoms with Crippen LogP contribution in [-0.4, -0.2) is 43.3 Å². The number of anilines is 2. The molecule has 172 valence electrons. The minimum absolute atomic E-state index is 0.0645. The van der Waals surface area contributed by atoms with Crippen molar-refractivity contribution in [1.82, 2.24) is 10.2 Å². The van der Waals surface area contributed by atoms with Gasteiger partial charge in [-0.05, 0) is 54.4 Å². The topological polar surface area (TPSA) is 104 Å². The summed E-state index contributed by atoms with van der Waals surface area (Å²) in [4.78, 5) is 38.1. The third-order valence-corrected chi connectivity index (χ3v) is 4.92. The number of furan rings is 1. The van der Waals surface area contributed by atoms with Crippen molar-refractivity contribution in [2.45, 2.75) is 19.4 Å². The highest BCUT2D eigenvalue weighted by atomic mass is 16.3. The zero-order chi connectivity index (χ0) is 23.6. The van der Waals surface area contributed by atoms with Gasteiger partial charge in [-0.25, -0.2) is 0 Å². The molecule has 0 saturated heterocycles. The lowest BCUT2D eigenvalue weighted by Crippen LogP contribution is -2.24. The number of benzene rings is 2. The fraction of sp³-hybridized carbons (Fsp3) is 0.240. The first-order valence-electron chi connectivity index (χ1n) is 10.6. The molecule has 1 aromatic heterocycles. The predicted octanol–water partition coefficient (Wildman–Crippen LogP) is 3.28. The third-order valence-electron chi connectivity index (χ3n) is 4.92. The van der Waals surface area contributed by atoms with Gasteiger partial charge in [0.1, 0.15) is 5.76 Å². The van der Waals surface area contributed by atoms with Crippen molar-refractivity contribution < 1.29 is 18.8 Å². The Hall–Kier alpha value is -4.07. The van der Waals surface area contributed by atoms with Crippen molar-refractivity contribution in [2.75, 3.05) is 31.3 Å². The van der Waals surface area contributed by atoms with Crippen LogP contribution in [0.1, 0.15) is 28.1 Å². The molecule has 0 aliphatic rings. The summed E-state index contributed by atoms with van der Waals surface area (Å²) in [6, 6.07) is 17.9. The van der Waals surface area contributed by atoms with Crippen molar-refractivity contribution in [1.29, 1.82) is 0 Å². The number of carbonyl (C=O) groups excluding carboxylic acids is 3. The largest absolute Gasteiger partial charge is 0.467 e. The zero-order valence-electron chi connectivity index (χ0n) is 18.8. The molecule has 3 aromatic rings. The first-order valence-corrected chi connectivity index (χ1v) is 10.6. The Kier molecular flexibility index (Phi) is 8.24. The Labute approximate surface area is 193 Å². The molecule has 33 heavy (non-hydrogen) atoms. The summed E-state index contributed by atoms with van der Waals surface area (Å²) in [5.41, 5.74) is 2.78. The van der Waals surface area contributed by atoms with E-state index in [4.69, 9.17) is 4.42 Å². The van der Waals surface area contributed by atoms with Crippen molar-refractivity contribution in [2.24, 2.45) is 0 Å². The monoisotopic (exact) mass is 448 g/mol. The summed E-state index contributed by atoms with van der Waals surface area (Å²) in [5, 5.41) is 8.66. The summed E-state index contributed by atoms with van der Waals surface area (Å²) in [6.07, 6.45) is 2.62. The van der Waals surface area contributed by atoms with Crippen LogP contribution in [0.15, 0.2) is 71.3 Å². The maximum Gasteiger partial charge on any atom is 0.251 e. The van der Waals surface area contributed by atoms with Gasteiger partial charge in [-0.2, -0.15) is 0 Å². The van der Waals surface area contributed by atoms with Gasteiger partial charge in [-0.15, -0.1) is 0 Å². The highest BCUT2D eigenvalue weighted by Gasteiger charge is 2.09. The van der Waals surface area contributed by atoms with Crippen LogP contribution in [0.5, 0.6) is 0 Å². The second-order valence-electron chi connectivity index (χ2n) is 7.73. The van der Waals surface area contributed by atoms with Crippen molar-refractivity contribution >= 4 is 29.1 Å². The zero-order valence-corrected chi connectivity index (χ0v) is 18.8. The summed E-state index contributed by atoms with van der Waals surface area (Å²) >= 11 is 0. The van der Waals surface area contributed by atoms with Gasteiger partial charge in [0.25, 0.3) is 5.91 Å². The molecule has 0 aliphatic heterocycles. The average molecular weight is 449 g/mol. The molecule has 3 rings (SSSR count). The van der Waals surface area contributed by atoms with E-state index in [0.29, 0.717) is 29.9 Å². The number of amides is 3. The second kappa shape index (κ2) is 11.5. The molecule has 0 radical (unpaired) electrons. The van der Waals surface area contributed by atoms with E-state index >= 15 is 0 Å². The van der Waals surface area contributed by atoms with Gasteiger partial charge in [0, 0.05) is 37.5 Å². The first-order chi connectivity index (χ1) is 15.9. The molecule has 8 nitrogen and oxygen atoms in total. The van der Waals surface area contributed by atoms with Gasteiger partial charge in [-0.3, -0.25) is 14.4 Å². The lowest BCUT2D eigenvalue weighted by atomic mass is 10.1. The normalized spacial score (nSPS) is 10.4. The van der Waals surface area contributed by atoms with E-state index in [2.05, 4.69) is 16.0 Å². The molecular weight excluding hydrogens is 420 g/mol. The van der Waals surface area contributed by atoms with Crippen LogP contribution in [-0.2, 0) is 22.6 Å². The average Bonchev–Trinajstić information content (AvgIpc) is 3.34. The number of hydrogen-bond donors (Lipinski definition) is 3. The van der Waals surface area contributed by atoms with Crippen LogP contribution < -0.4 is 16.0 Å². The molecule has 2 aromatic carbocycles. The van der Waals surface area contributed by atoms with Crippen molar-refractivity contribution in [3.8, 4) is 0 Å². The highest BCUT2D eigenvalue weighted by molar-refractivity contribution is 5.98. The molecule has 3 N–H and O–H groups in total. The minimum atomic E-state index is -0.259. The summed E-state index contributed by atoms with van der Waals surface area (Å²) in [5.74, 6) is 0.235. The van der Waals surface area contributed by atoms with E-state index in [9.17, 15) is 14.4 Å². The number of nitrogens with zero attached hydrogens (tertiary/aromatic N) is 1. The molecule has 0 fully saturated rings. The molecule has 1 heterocycles. The molecule has 3 amide bonds. The Morgan fingerprint density at radius 2 is 1.73 bits per heavy atom. The predicted molar refractivity (Wildman–Crippen MR) is 127 cm³/mol. The molecule has 8 heteroatoms. The van der Waals surface area contributed by atoms with E-state index in [1.165, 1.54) is 0 Å². The smallest absolute Gasteiger partial charge is 0.251 e. The highest BCUT2D eigenvalue weighted by Crippen LogP contribution is 2.14. The van der Waals surface area contributed by atoms with Gasteiger partial charge in [0.15, 0.2) is 0 Å². The van der Waals surface area contributed by atoms with Gasteiger partial charge in [0.2, 0.25) is 11.8 Å². The third kappa shape index (κ3) is 7.53. The van der Waals surface area contributed by atoms with E-state index in [1.54, 1.807) is 61.7 Å². The Balaban J connectivity index is 1.49. The fourth-order valence-corrected chi connectivity index (χ4v) is 3.12. The maximum atomic E-state index is 12.4.